The van der Waals surface area contributed by atoms with E-state index in [9.17, 15) is 0 Å². The average molecular weight is 139 g/mol. The zero-order chi connectivity index (χ0) is 7.40. The minimum absolute atomic E-state index is 0.982. The number of rotatable bonds is 4. The van der Waals surface area contributed by atoms with E-state index in [0.717, 1.165) is 18.3 Å². The molecule has 1 aliphatic carbocycles. The van der Waals surface area contributed by atoms with Gasteiger partial charge in [0.15, 0.2) is 0 Å². The summed E-state index contributed by atoms with van der Waals surface area (Å²) in [5.74, 6) is 2.06. The zero-order valence-electron chi connectivity index (χ0n) is 7.10. The van der Waals surface area contributed by atoms with Gasteiger partial charge < -0.3 is 0 Å². The van der Waals surface area contributed by atoms with Gasteiger partial charge >= 0.3 is 0 Å². The molecule has 0 aromatic rings. The fraction of sp³-hybridized carbons (Fsp3) is 0.900. The van der Waals surface area contributed by atoms with Gasteiger partial charge in [-0.3, -0.25) is 0 Å². The maximum atomic E-state index is 3.86. The topological polar surface area (TPSA) is 0 Å². The van der Waals surface area contributed by atoms with Gasteiger partial charge in [-0.1, -0.05) is 52.4 Å². The molecule has 0 N–H and O–H groups in total. The Balaban J connectivity index is 2.02. The minimum Gasteiger partial charge on any atom is -0.0622 e. The van der Waals surface area contributed by atoms with Crippen LogP contribution in [0.4, 0.5) is 0 Å². The first-order valence-electron chi connectivity index (χ1n) is 4.64. The molecule has 1 rings (SSSR count). The van der Waals surface area contributed by atoms with Gasteiger partial charge in [-0.15, -0.1) is 0 Å². The summed E-state index contributed by atoms with van der Waals surface area (Å²) in [7, 11) is 0. The largest absolute Gasteiger partial charge is 0.0622 e. The van der Waals surface area contributed by atoms with Crippen LogP contribution in [0.15, 0.2) is 0 Å². The average Bonchev–Trinajstić information content (AvgIpc) is 1.79. The van der Waals surface area contributed by atoms with Crippen molar-refractivity contribution in [3.05, 3.63) is 6.92 Å². The molecule has 0 amide bonds. The van der Waals surface area contributed by atoms with E-state index in [1.165, 1.54) is 32.1 Å². The van der Waals surface area contributed by atoms with E-state index in [0.29, 0.717) is 0 Å². The van der Waals surface area contributed by atoms with Gasteiger partial charge in [0.25, 0.3) is 0 Å². The minimum atomic E-state index is 0.982. The Kier molecular flexibility index (Phi) is 3.24. The molecule has 1 unspecified atom stereocenters. The van der Waals surface area contributed by atoms with Crippen LogP contribution in [-0.4, -0.2) is 0 Å². The van der Waals surface area contributed by atoms with E-state index >= 15 is 0 Å². The molecule has 0 heteroatoms. The van der Waals surface area contributed by atoms with Crippen LogP contribution in [0.5, 0.6) is 0 Å². The normalized spacial score (nSPS) is 22.2. The zero-order valence-corrected chi connectivity index (χ0v) is 7.10. The monoisotopic (exact) mass is 139 g/mol. The summed E-state index contributed by atoms with van der Waals surface area (Å²) in [5, 5.41) is 0. The van der Waals surface area contributed by atoms with Crippen molar-refractivity contribution in [3.63, 3.8) is 0 Å². The lowest BCUT2D eigenvalue weighted by atomic mass is 9.75. The fourth-order valence-corrected chi connectivity index (χ4v) is 1.71. The molecular formula is C10H19. The number of unbranched alkanes of at least 4 members (excludes halogenated alkanes) is 1. The second-order valence-corrected chi connectivity index (χ2v) is 3.66. The molecular weight excluding hydrogens is 120 g/mol. The molecule has 59 valence electrons. The second kappa shape index (κ2) is 4.00. The molecule has 0 spiro atoms. The third-order valence-electron chi connectivity index (χ3n) is 2.86. The highest BCUT2D eigenvalue weighted by molar-refractivity contribution is 4.74. The van der Waals surface area contributed by atoms with Crippen LogP contribution in [-0.2, 0) is 0 Å². The van der Waals surface area contributed by atoms with Gasteiger partial charge in [-0.05, 0) is 11.8 Å². The lowest BCUT2D eigenvalue weighted by molar-refractivity contribution is 0.208. The molecule has 1 radical (unpaired) electrons. The molecule has 0 nitrogen and oxygen atoms in total. The molecule has 10 heavy (non-hydrogen) atoms. The molecule has 1 atom stereocenters. The van der Waals surface area contributed by atoms with Gasteiger partial charge in [-0.2, -0.15) is 0 Å². The lowest BCUT2D eigenvalue weighted by Gasteiger charge is -2.31. The van der Waals surface area contributed by atoms with Crippen molar-refractivity contribution < 1.29 is 0 Å². The Hall–Kier alpha value is 0. The van der Waals surface area contributed by atoms with Crippen LogP contribution < -0.4 is 0 Å². The third-order valence-corrected chi connectivity index (χ3v) is 2.86. The van der Waals surface area contributed by atoms with Crippen LogP contribution in [0.3, 0.4) is 0 Å². The standard InChI is InChI=1S/C10H19/c1-3-4-6-9(2)10-7-5-8-10/h9-10H,1,3-8H2,2H3. The maximum Gasteiger partial charge on any atom is -0.0388 e. The van der Waals surface area contributed by atoms with Crippen LogP contribution in [0.1, 0.15) is 45.4 Å². The summed E-state index contributed by atoms with van der Waals surface area (Å²) in [6, 6.07) is 0. The van der Waals surface area contributed by atoms with Gasteiger partial charge in [-0.25, -0.2) is 0 Å². The van der Waals surface area contributed by atoms with Crippen molar-refractivity contribution in [3.8, 4) is 0 Å². The molecule has 0 aromatic carbocycles. The summed E-state index contributed by atoms with van der Waals surface area (Å²) in [4.78, 5) is 0. The molecule has 0 aliphatic heterocycles. The highest BCUT2D eigenvalue weighted by Crippen LogP contribution is 2.35. The highest BCUT2D eigenvalue weighted by Gasteiger charge is 2.22. The van der Waals surface area contributed by atoms with Crippen LogP contribution in [0.25, 0.3) is 0 Å². The molecule has 0 saturated heterocycles. The van der Waals surface area contributed by atoms with Crippen molar-refractivity contribution in [2.24, 2.45) is 11.8 Å². The number of hydrogen-bond donors (Lipinski definition) is 0. The first-order valence-corrected chi connectivity index (χ1v) is 4.64. The smallest absolute Gasteiger partial charge is 0.0388 e. The molecule has 1 fully saturated rings. The van der Waals surface area contributed by atoms with Gasteiger partial charge in [0.05, 0.1) is 0 Å². The van der Waals surface area contributed by atoms with E-state index in [2.05, 4.69) is 13.8 Å². The van der Waals surface area contributed by atoms with Crippen LogP contribution >= 0.6 is 0 Å². The summed E-state index contributed by atoms with van der Waals surface area (Å²) in [6.07, 6.45) is 8.35. The van der Waals surface area contributed by atoms with Crippen molar-refractivity contribution in [2.75, 3.05) is 0 Å². The predicted molar refractivity (Wildman–Crippen MR) is 45.7 cm³/mol. The maximum absolute atomic E-state index is 3.86. The lowest BCUT2D eigenvalue weighted by Crippen LogP contribution is -2.19. The van der Waals surface area contributed by atoms with E-state index in [4.69, 9.17) is 0 Å². The molecule has 0 aromatic heterocycles. The van der Waals surface area contributed by atoms with Gasteiger partial charge in [0, 0.05) is 0 Å². The molecule has 1 saturated carbocycles. The Bertz CT molecular complexity index is 82.0. The Morgan fingerprint density at radius 3 is 2.60 bits per heavy atom. The Morgan fingerprint density at radius 1 is 1.50 bits per heavy atom. The summed E-state index contributed by atoms with van der Waals surface area (Å²) < 4.78 is 0. The van der Waals surface area contributed by atoms with E-state index in [1.54, 1.807) is 0 Å². The first kappa shape index (κ1) is 8.10. The Labute approximate surface area is 65.0 Å². The molecule has 0 bridgehead atoms. The van der Waals surface area contributed by atoms with E-state index in [-0.39, 0.29) is 0 Å². The quantitative estimate of drug-likeness (QED) is 0.559. The van der Waals surface area contributed by atoms with Crippen molar-refractivity contribution in [2.45, 2.75) is 45.4 Å². The van der Waals surface area contributed by atoms with E-state index in [1.807, 2.05) is 0 Å². The third kappa shape index (κ3) is 2.00. The first-order chi connectivity index (χ1) is 4.84. The van der Waals surface area contributed by atoms with Crippen molar-refractivity contribution in [1.29, 1.82) is 0 Å². The van der Waals surface area contributed by atoms with E-state index < -0.39 is 0 Å². The SMILES string of the molecule is [CH2]CCCC(C)C1CCC1. The highest BCUT2D eigenvalue weighted by atomic mass is 14.3. The van der Waals surface area contributed by atoms with Crippen LogP contribution in [0, 0.1) is 18.8 Å². The summed E-state index contributed by atoms with van der Waals surface area (Å²) >= 11 is 0. The van der Waals surface area contributed by atoms with Crippen molar-refractivity contribution >= 4 is 0 Å². The van der Waals surface area contributed by atoms with Gasteiger partial charge in [0.2, 0.25) is 0 Å². The van der Waals surface area contributed by atoms with Crippen LogP contribution in [0.2, 0.25) is 0 Å². The second-order valence-electron chi connectivity index (χ2n) is 3.66. The summed E-state index contributed by atoms with van der Waals surface area (Å²) in [5.41, 5.74) is 0. The number of hydrogen-bond acceptors (Lipinski definition) is 0. The fourth-order valence-electron chi connectivity index (χ4n) is 1.71. The molecule has 0 heterocycles. The molecule has 1 aliphatic rings. The Morgan fingerprint density at radius 2 is 2.20 bits per heavy atom. The van der Waals surface area contributed by atoms with Gasteiger partial charge in [0.1, 0.15) is 0 Å². The predicted octanol–water partition coefficient (Wildman–Crippen LogP) is 3.43. The summed E-state index contributed by atoms with van der Waals surface area (Å²) in [6.45, 7) is 6.26. The van der Waals surface area contributed by atoms with Crippen molar-refractivity contribution in [1.82, 2.24) is 0 Å².